The number of nitrogens with zero attached hydrogens (tertiary/aromatic N) is 3. The molecule has 142 valence electrons. The highest BCUT2D eigenvalue weighted by Crippen LogP contribution is 2.27. The van der Waals surface area contributed by atoms with E-state index in [1.54, 1.807) is 24.6 Å². The van der Waals surface area contributed by atoms with Crippen LogP contribution in [0.2, 0.25) is 0 Å². The Hall–Kier alpha value is -3.41. The summed E-state index contributed by atoms with van der Waals surface area (Å²) in [5, 5.41) is 8.21. The zero-order valence-corrected chi connectivity index (χ0v) is 16.1. The highest BCUT2D eigenvalue weighted by Gasteiger charge is 2.20. The van der Waals surface area contributed by atoms with E-state index in [0.29, 0.717) is 22.7 Å². The van der Waals surface area contributed by atoms with Crippen molar-refractivity contribution in [3.05, 3.63) is 66.1 Å². The summed E-state index contributed by atoms with van der Waals surface area (Å²) in [4.78, 5) is 17.9. The number of nitrogens with one attached hydrogen (secondary N) is 1. The van der Waals surface area contributed by atoms with E-state index in [2.05, 4.69) is 17.3 Å². The summed E-state index contributed by atoms with van der Waals surface area (Å²) in [5.74, 6) is 0.422. The van der Waals surface area contributed by atoms with Crippen LogP contribution in [0, 0.1) is 0 Å². The van der Waals surface area contributed by atoms with Gasteiger partial charge in [0.15, 0.2) is 11.4 Å². The smallest absolute Gasteiger partial charge is 0.256 e. The maximum absolute atomic E-state index is 13.2. The van der Waals surface area contributed by atoms with Gasteiger partial charge in [-0.1, -0.05) is 25.1 Å². The number of rotatable bonds is 5. The Morgan fingerprint density at radius 3 is 2.75 bits per heavy atom. The van der Waals surface area contributed by atoms with Crippen LogP contribution < -0.4 is 5.32 Å². The van der Waals surface area contributed by atoms with Crippen molar-refractivity contribution in [1.29, 1.82) is 0 Å². The molecular weight excluding hydrogens is 352 g/mol. The van der Waals surface area contributed by atoms with Crippen LogP contribution in [0.15, 0.2) is 59.3 Å². The first kappa shape index (κ1) is 18.0. The molecule has 0 aliphatic carbocycles. The van der Waals surface area contributed by atoms with Crippen LogP contribution >= 0.6 is 0 Å². The number of furan rings is 1. The number of anilines is 1. The standard InChI is InChI=1S/C22H22N4O2/c1-4-15-8-5-6-9-18(15)25-22(27)16-12-19(20-10-7-11-28-20)24-21-17(16)13-23-26(21)14(2)3/h5-14H,4H2,1-3H3,(H,25,27). The van der Waals surface area contributed by atoms with E-state index in [0.717, 1.165) is 23.1 Å². The number of hydrogen-bond acceptors (Lipinski definition) is 4. The number of aryl methyl sites for hydroxylation is 1. The van der Waals surface area contributed by atoms with Crippen LogP contribution in [0.5, 0.6) is 0 Å². The van der Waals surface area contributed by atoms with Gasteiger partial charge in [-0.25, -0.2) is 9.67 Å². The number of carbonyl (C=O) groups excluding carboxylic acids is 1. The monoisotopic (exact) mass is 374 g/mol. The van der Waals surface area contributed by atoms with Crippen molar-refractivity contribution in [3.63, 3.8) is 0 Å². The molecule has 4 rings (SSSR count). The summed E-state index contributed by atoms with van der Waals surface area (Å²) in [6.07, 6.45) is 4.14. The number of hydrogen-bond donors (Lipinski definition) is 1. The minimum Gasteiger partial charge on any atom is -0.463 e. The highest BCUT2D eigenvalue weighted by atomic mass is 16.3. The zero-order valence-electron chi connectivity index (χ0n) is 16.1. The van der Waals surface area contributed by atoms with Gasteiger partial charge in [0.1, 0.15) is 5.69 Å². The lowest BCUT2D eigenvalue weighted by molar-refractivity contribution is 0.102. The van der Waals surface area contributed by atoms with Gasteiger partial charge in [-0.05, 0) is 50.1 Å². The summed E-state index contributed by atoms with van der Waals surface area (Å²) in [7, 11) is 0. The Morgan fingerprint density at radius 1 is 1.21 bits per heavy atom. The van der Waals surface area contributed by atoms with Gasteiger partial charge in [-0.2, -0.15) is 5.10 Å². The topological polar surface area (TPSA) is 73.0 Å². The Balaban J connectivity index is 1.84. The molecule has 0 bridgehead atoms. The van der Waals surface area contributed by atoms with Crippen LogP contribution in [-0.2, 0) is 6.42 Å². The third kappa shape index (κ3) is 3.17. The molecule has 0 radical (unpaired) electrons. The zero-order chi connectivity index (χ0) is 19.7. The predicted octanol–water partition coefficient (Wildman–Crippen LogP) is 5.09. The average molecular weight is 374 g/mol. The highest BCUT2D eigenvalue weighted by molar-refractivity contribution is 6.12. The molecule has 0 unspecified atom stereocenters. The fourth-order valence-corrected chi connectivity index (χ4v) is 3.27. The molecule has 1 amide bonds. The number of pyridine rings is 1. The van der Waals surface area contributed by atoms with E-state index < -0.39 is 0 Å². The lowest BCUT2D eigenvalue weighted by Crippen LogP contribution is -2.14. The molecule has 3 heterocycles. The lowest BCUT2D eigenvalue weighted by atomic mass is 10.1. The second-order valence-electron chi connectivity index (χ2n) is 6.92. The van der Waals surface area contributed by atoms with Gasteiger partial charge in [0.25, 0.3) is 5.91 Å². The molecule has 1 aromatic carbocycles. The van der Waals surface area contributed by atoms with E-state index in [1.807, 2.05) is 48.9 Å². The number of carbonyl (C=O) groups is 1. The fraction of sp³-hybridized carbons (Fsp3) is 0.227. The van der Waals surface area contributed by atoms with E-state index in [4.69, 9.17) is 9.40 Å². The molecule has 0 spiro atoms. The van der Waals surface area contributed by atoms with Crippen molar-refractivity contribution in [2.45, 2.75) is 33.2 Å². The predicted molar refractivity (Wildman–Crippen MR) is 109 cm³/mol. The molecule has 0 saturated heterocycles. The molecule has 1 N–H and O–H groups in total. The third-order valence-electron chi connectivity index (χ3n) is 4.72. The van der Waals surface area contributed by atoms with E-state index in [-0.39, 0.29) is 11.9 Å². The van der Waals surface area contributed by atoms with E-state index in [9.17, 15) is 4.79 Å². The second-order valence-corrected chi connectivity index (χ2v) is 6.92. The van der Waals surface area contributed by atoms with Crippen molar-refractivity contribution in [3.8, 4) is 11.5 Å². The van der Waals surface area contributed by atoms with Crippen LogP contribution in [0.3, 0.4) is 0 Å². The third-order valence-corrected chi connectivity index (χ3v) is 4.72. The summed E-state index contributed by atoms with van der Waals surface area (Å²) in [5.41, 5.74) is 3.70. The minimum absolute atomic E-state index is 0.119. The maximum Gasteiger partial charge on any atom is 0.256 e. The maximum atomic E-state index is 13.2. The number of benzene rings is 1. The van der Waals surface area contributed by atoms with Gasteiger partial charge in [-0.15, -0.1) is 0 Å². The van der Waals surface area contributed by atoms with Crippen molar-refractivity contribution >= 4 is 22.6 Å². The fourth-order valence-electron chi connectivity index (χ4n) is 3.27. The molecule has 3 aromatic heterocycles. The normalized spacial score (nSPS) is 11.3. The molecule has 0 fully saturated rings. The first-order valence-electron chi connectivity index (χ1n) is 9.40. The molecule has 28 heavy (non-hydrogen) atoms. The Bertz CT molecular complexity index is 1130. The Labute approximate surface area is 163 Å². The van der Waals surface area contributed by atoms with Gasteiger partial charge >= 0.3 is 0 Å². The van der Waals surface area contributed by atoms with E-state index in [1.165, 1.54) is 0 Å². The van der Waals surface area contributed by atoms with Gasteiger partial charge < -0.3 is 9.73 Å². The molecule has 0 saturated carbocycles. The first-order valence-corrected chi connectivity index (χ1v) is 9.40. The first-order chi connectivity index (χ1) is 13.6. The van der Waals surface area contributed by atoms with Gasteiger partial charge in [0.2, 0.25) is 0 Å². The summed E-state index contributed by atoms with van der Waals surface area (Å²) >= 11 is 0. The second kappa shape index (κ2) is 7.31. The van der Waals surface area contributed by atoms with Gasteiger partial charge in [0, 0.05) is 11.7 Å². The van der Waals surface area contributed by atoms with Gasteiger partial charge in [0.05, 0.1) is 23.4 Å². The lowest BCUT2D eigenvalue weighted by Gasteiger charge is -2.12. The number of aromatic nitrogens is 3. The van der Waals surface area contributed by atoms with Crippen LogP contribution in [0.4, 0.5) is 5.69 Å². The number of fused-ring (bicyclic) bond motifs is 1. The molecule has 0 aliphatic heterocycles. The summed E-state index contributed by atoms with van der Waals surface area (Å²) < 4.78 is 7.33. The quantitative estimate of drug-likeness (QED) is 0.528. The summed E-state index contributed by atoms with van der Waals surface area (Å²) in [6, 6.07) is 13.3. The van der Waals surface area contributed by atoms with E-state index >= 15 is 0 Å². The minimum atomic E-state index is -0.190. The van der Waals surface area contributed by atoms with Crippen molar-refractivity contribution in [2.24, 2.45) is 0 Å². The van der Waals surface area contributed by atoms with Crippen molar-refractivity contribution in [1.82, 2.24) is 14.8 Å². The van der Waals surface area contributed by atoms with Crippen molar-refractivity contribution < 1.29 is 9.21 Å². The van der Waals surface area contributed by atoms with Crippen molar-refractivity contribution in [2.75, 3.05) is 5.32 Å². The molecule has 4 aromatic rings. The van der Waals surface area contributed by atoms with Crippen LogP contribution in [-0.4, -0.2) is 20.7 Å². The molecule has 0 atom stereocenters. The molecule has 6 heteroatoms. The largest absolute Gasteiger partial charge is 0.463 e. The van der Waals surface area contributed by atoms with Crippen LogP contribution in [0.1, 0.15) is 42.7 Å². The number of para-hydroxylation sites is 1. The Kier molecular flexibility index (Phi) is 4.69. The molecular formula is C22H22N4O2. The average Bonchev–Trinajstić information content (AvgIpc) is 3.37. The Morgan fingerprint density at radius 2 is 2.04 bits per heavy atom. The van der Waals surface area contributed by atoms with Crippen LogP contribution in [0.25, 0.3) is 22.5 Å². The molecule has 0 aliphatic rings. The van der Waals surface area contributed by atoms with Gasteiger partial charge in [-0.3, -0.25) is 4.79 Å². The molecule has 6 nitrogen and oxygen atoms in total. The summed E-state index contributed by atoms with van der Waals surface area (Å²) in [6.45, 7) is 6.13. The number of amides is 1. The SMILES string of the molecule is CCc1ccccc1NC(=O)c1cc(-c2ccco2)nc2c1cnn2C(C)C.